The van der Waals surface area contributed by atoms with Crippen LogP contribution in [0, 0.1) is 10.1 Å². The predicted octanol–water partition coefficient (Wildman–Crippen LogP) is 2.24. The summed E-state index contributed by atoms with van der Waals surface area (Å²) in [6.07, 6.45) is 2.35. The van der Waals surface area contributed by atoms with E-state index in [-0.39, 0.29) is 16.9 Å². The van der Waals surface area contributed by atoms with Gasteiger partial charge < -0.3 is 5.11 Å². The number of aromatic nitrogens is 2. The fourth-order valence-electron chi connectivity index (χ4n) is 1.40. The average molecular weight is 312 g/mol. The zero-order valence-corrected chi connectivity index (χ0v) is 10.4. The molecule has 0 atom stereocenters. The topological polar surface area (TPSA) is 98.3 Å². The second kappa shape index (κ2) is 4.57. The third-order valence-corrected chi connectivity index (χ3v) is 2.70. The van der Waals surface area contributed by atoms with E-state index < -0.39 is 10.9 Å². The molecular weight excluding hydrogens is 306 g/mol. The first-order chi connectivity index (χ1) is 8.49. The van der Waals surface area contributed by atoms with E-state index in [1.807, 2.05) is 0 Å². The maximum atomic E-state index is 10.9. The lowest BCUT2D eigenvalue weighted by Gasteiger charge is -2.03. The molecule has 2 aromatic rings. The maximum absolute atomic E-state index is 10.9. The lowest BCUT2D eigenvalue weighted by Crippen LogP contribution is -2.01. The first kappa shape index (κ1) is 12.2. The van der Waals surface area contributed by atoms with Crippen molar-refractivity contribution >= 4 is 27.6 Å². The molecule has 1 N–H and O–H groups in total. The summed E-state index contributed by atoms with van der Waals surface area (Å²) < 4.78 is 1.79. The number of carboxylic acid groups (broad SMARTS) is 1. The molecule has 0 aliphatic carbocycles. The Labute approximate surface area is 109 Å². The monoisotopic (exact) mass is 311 g/mol. The van der Waals surface area contributed by atoms with Crippen molar-refractivity contribution in [2.45, 2.75) is 0 Å². The molecule has 92 valence electrons. The minimum absolute atomic E-state index is 0.0377. The molecule has 0 aliphatic rings. The molecule has 0 spiro atoms. The number of nitrogens with zero attached hydrogens (tertiary/aromatic N) is 3. The van der Waals surface area contributed by atoms with Gasteiger partial charge in [0.25, 0.3) is 5.69 Å². The Hall–Kier alpha value is -2.22. The molecule has 8 heteroatoms. The molecule has 18 heavy (non-hydrogen) atoms. The number of rotatable bonds is 3. The lowest BCUT2D eigenvalue weighted by atomic mass is 10.2. The number of benzene rings is 1. The molecule has 0 unspecified atom stereocenters. The van der Waals surface area contributed by atoms with Crippen LogP contribution in [-0.2, 0) is 0 Å². The van der Waals surface area contributed by atoms with Crippen LogP contribution in [0.4, 0.5) is 5.69 Å². The molecule has 0 saturated carbocycles. The Bertz CT molecular complexity index is 638. The van der Waals surface area contributed by atoms with E-state index in [0.717, 1.165) is 10.9 Å². The first-order valence-electron chi connectivity index (χ1n) is 4.71. The van der Waals surface area contributed by atoms with Crippen LogP contribution in [-0.4, -0.2) is 25.8 Å². The van der Waals surface area contributed by atoms with E-state index in [9.17, 15) is 14.9 Å². The molecule has 2 rings (SSSR count). The third-order valence-electron chi connectivity index (χ3n) is 2.21. The van der Waals surface area contributed by atoms with Gasteiger partial charge in [-0.1, -0.05) is 15.9 Å². The first-order valence-corrected chi connectivity index (χ1v) is 5.50. The van der Waals surface area contributed by atoms with E-state index >= 15 is 0 Å². The minimum atomic E-state index is -1.14. The number of halogens is 1. The van der Waals surface area contributed by atoms with Gasteiger partial charge in [-0.3, -0.25) is 10.1 Å². The molecule has 0 aliphatic heterocycles. The van der Waals surface area contributed by atoms with Crippen LogP contribution >= 0.6 is 15.9 Å². The third kappa shape index (κ3) is 2.23. The Balaban J connectivity index is 2.57. The van der Waals surface area contributed by atoms with Crippen LogP contribution in [0.25, 0.3) is 5.69 Å². The van der Waals surface area contributed by atoms with Crippen molar-refractivity contribution in [1.82, 2.24) is 9.78 Å². The second-order valence-electron chi connectivity index (χ2n) is 3.37. The number of hydrogen-bond donors (Lipinski definition) is 1. The summed E-state index contributed by atoms with van der Waals surface area (Å²) in [4.78, 5) is 21.1. The standard InChI is InChI=1S/C10H6BrN3O4/c11-7-1-2-8(14(17)18)9(3-7)13-5-6(4-12-13)10(15)16/h1-5H,(H,15,16). The van der Waals surface area contributed by atoms with Crippen LogP contribution in [0.3, 0.4) is 0 Å². The van der Waals surface area contributed by atoms with Gasteiger partial charge in [-0.15, -0.1) is 0 Å². The van der Waals surface area contributed by atoms with E-state index in [4.69, 9.17) is 5.11 Å². The summed E-state index contributed by atoms with van der Waals surface area (Å²) in [5.41, 5.74) is 0.00406. The van der Waals surface area contributed by atoms with Crippen molar-refractivity contribution in [1.29, 1.82) is 0 Å². The van der Waals surface area contributed by atoms with E-state index in [1.54, 1.807) is 0 Å². The summed E-state index contributed by atoms with van der Waals surface area (Å²) >= 11 is 3.20. The zero-order chi connectivity index (χ0) is 13.3. The van der Waals surface area contributed by atoms with Gasteiger partial charge in [0.05, 0.1) is 16.7 Å². The van der Waals surface area contributed by atoms with Gasteiger partial charge in [-0.05, 0) is 12.1 Å². The summed E-state index contributed by atoms with van der Waals surface area (Å²) in [6.45, 7) is 0. The molecule has 1 heterocycles. The van der Waals surface area contributed by atoms with E-state index in [2.05, 4.69) is 21.0 Å². The molecule has 0 saturated heterocycles. The summed E-state index contributed by atoms with van der Waals surface area (Å²) in [6, 6.07) is 4.35. The van der Waals surface area contributed by atoms with Gasteiger partial charge in [-0.2, -0.15) is 5.10 Å². The normalized spacial score (nSPS) is 10.3. The van der Waals surface area contributed by atoms with Gasteiger partial charge in [-0.25, -0.2) is 9.48 Å². The van der Waals surface area contributed by atoms with Crippen LogP contribution in [0.2, 0.25) is 0 Å². The van der Waals surface area contributed by atoms with Gasteiger partial charge in [0.15, 0.2) is 0 Å². The minimum Gasteiger partial charge on any atom is -0.478 e. The fraction of sp³-hybridized carbons (Fsp3) is 0. The fourth-order valence-corrected chi connectivity index (χ4v) is 1.75. The number of hydrogen-bond acceptors (Lipinski definition) is 4. The number of carbonyl (C=O) groups is 1. The SMILES string of the molecule is O=C(O)c1cnn(-c2cc(Br)ccc2[N+](=O)[O-])c1. The lowest BCUT2D eigenvalue weighted by molar-refractivity contribution is -0.384. The molecule has 1 aromatic carbocycles. The smallest absolute Gasteiger partial charge is 0.338 e. The molecule has 1 aromatic heterocycles. The summed E-state index contributed by atoms with van der Waals surface area (Å²) in [5, 5.41) is 23.5. The predicted molar refractivity (Wildman–Crippen MR) is 64.9 cm³/mol. The molecule has 0 bridgehead atoms. The summed E-state index contributed by atoms with van der Waals surface area (Å²) in [5.74, 6) is -1.14. The van der Waals surface area contributed by atoms with E-state index in [0.29, 0.717) is 4.47 Å². The molecule has 7 nitrogen and oxygen atoms in total. The van der Waals surface area contributed by atoms with Crippen molar-refractivity contribution in [2.24, 2.45) is 0 Å². The van der Waals surface area contributed by atoms with Gasteiger partial charge in [0.2, 0.25) is 0 Å². The van der Waals surface area contributed by atoms with Crippen molar-refractivity contribution in [2.75, 3.05) is 0 Å². The molecular formula is C10H6BrN3O4. The Kier molecular flexibility index (Phi) is 3.11. The Morgan fingerprint density at radius 1 is 1.50 bits per heavy atom. The summed E-state index contributed by atoms with van der Waals surface area (Å²) in [7, 11) is 0. The van der Waals surface area contributed by atoms with Crippen LogP contribution in [0.1, 0.15) is 10.4 Å². The number of nitro groups is 1. The highest BCUT2D eigenvalue weighted by molar-refractivity contribution is 9.10. The quantitative estimate of drug-likeness (QED) is 0.692. The van der Waals surface area contributed by atoms with Crippen molar-refractivity contribution in [3.63, 3.8) is 0 Å². The van der Waals surface area contributed by atoms with Crippen LogP contribution < -0.4 is 0 Å². The van der Waals surface area contributed by atoms with Crippen LogP contribution in [0.5, 0.6) is 0 Å². The Morgan fingerprint density at radius 3 is 2.78 bits per heavy atom. The zero-order valence-electron chi connectivity index (χ0n) is 8.78. The Morgan fingerprint density at radius 2 is 2.22 bits per heavy atom. The maximum Gasteiger partial charge on any atom is 0.338 e. The molecule has 0 fully saturated rings. The highest BCUT2D eigenvalue weighted by Gasteiger charge is 2.17. The number of carboxylic acids is 1. The van der Waals surface area contributed by atoms with Crippen molar-refractivity contribution in [3.8, 4) is 5.69 Å². The van der Waals surface area contributed by atoms with Crippen molar-refractivity contribution in [3.05, 3.63) is 50.7 Å². The highest BCUT2D eigenvalue weighted by atomic mass is 79.9. The van der Waals surface area contributed by atoms with Gasteiger partial charge >= 0.3 is 5.97 Å². The average Bonchev–Trinajstić information content (AvgIpc) is 2.77. The van der Waals surface area contributed by atoms with E-state index in [1.165, 1.54) is 24.4 Å². The van der Waals surface area contributed by atoms with Gasteiger partial charge in [0, 0.05) is 16.7 Å². The second-order valence-corrected chi connectivity index (χ2v) is 4.28. The molecule has 0 amide bonds. The molecule has 0 radical (unpaired) electrons. The van der Waals surface area contributed by atoms with Crippen molar-refractivity contribution < 1.29 is 14.8 Å². The van der Waals surface area contributed by atoms with Crippen LogP contribution in [0.15, 0.2) is 35.1 Å². The van der Waals surface area contributed by atoms with Gasteiger partial charge in [0.1, 0.15) is 5.69 Å². The number of aromatic carboxylic acids is 1. The highest BCUT2D eigenvalue weighted by Crippen LogP contribution is 2.26. The number of nitro benzene ring substituents is 1. The largest absolute Gasteiger partial charge is 0.478 e.